The highest BCUT2D eigenvalue weighted by molar-refractivity contribution is 7.89. The smallest absolute Gasteiger partial charge is 0.325 e. The second-order valence-corrected chi connectivity index (χ2v) is 9.90. The Morgan fingerprint density at radius 2 is 1.69 bits per heavy atom. The minimum atomic E-state index is -3.59. The van der Waals surface area contributed by atoms with Crippen LogP contribution in [0.4, 0.5) is 10.5 Å². The lowest BCUT2D eigenvalue weighted by Crippen LogP contribution is -2.42. The third-order valence-corrected chi connectivity index (χ3v) is 6.99. The molecule has 4 amide bonds. The first-order valence-corrected chi connectivity index (χ1v) is 11.0. The lowest BCUT2D eigenvalue weighted by molar-refractivity contribution is -0.129. The molecule has 158 valence electrons. The van der Waals surface area contributed by atoms with Crippen molar-refractivity contribution >= 4 is 33.6 Å². The van der Waals surface area contributed by atoms with Crippen LogP contribution < -0.4 is 5.32 Å². The molecule has 2 saturated heterocycles. The third-order valence-electron chi connectivity index (χ3n) is 5.14. The van der Waals surface area contributed by atoms with Gasteiger partial charge in [-0.25, -0.2) is 13.2 Å². The number of sulfonamides is 1. The van der Waals surface area contributed by atoms with Crippen LogP contribution in [0.25, 0.3) is 0 Å². The van der Waals surface area contributed by atoms with Crippen LogP contribution in [0.3, 0.4) is 0 Å². The van der Waals surface area contributed by atoms with Gasteiger partial charge in [0.1, 0.15) is 13.1 Å². The summed E-state index contributed by atoms with van der Waals surface area (Å²) >= 11 is 0. The van der Waals surface area contributed by atoms with Gasteiger partial charge in [0, 0.05) is 25.8 Å². The molecule has 9 nitrogen and oxygen atoms in total. The number of rotatable bonds is 5. The third kappa shape index (κ3) is 4.59. The monoisotopic (exact) mass is 422 g/mol. The van der Waals surface area contributed by atoms with Crippen LogP contribution >= 0.6 is 0 Å². The summed E-state index contributed by atoms with van der Waals surface area (Å²) in [6, 6.07) is 5.39. The van der Waals surface area contributed by atoms with Crippen molar-refractivity contribution in [3.05, 3.63) is 24.3 Å². The molecule has 0 saturated carbocycles. The second kappa shape index (κ2) is 8.11. The molecule has 1 aromatic rings. The number of benzene rings is 1. The van der Waals surface area contributed by atoms with E-state index < -0.39 is 27.9 Å². The number of urea groups is 1. The maximum Gasteiger partial charge on any atom is 0.327 e. The maximum absolute atomic E-state index is 12.9. The van der Waals surface area contributed by atoms with Crippen molar-refractivity contribution in [1.82, 2.24) is 14.1 Å². The SMILES string of the molecule is C[C@@H]1C[C@H](C)CN(S(=O)(=O)c2ccc(NC(=O)CN3C(=O)CN(C)C3=O)cc2)C1. The predicted molar refractivity (Wildman–Crippen MR) is 107 cm³/mol. The van der Waals surface area contributed by atoms with Crippen LogP contribution in [0.1, 0.15) is 20.3 Å². The van der Waals surface area contributed by atoms with E-state index in [1.165, 1.54) is 40.5 Å². The number of nitrogens with zero attached hydrogens (tertiary/aromatic N) is 3. The molecule has 0 aliphatic carbocycles. The number of nitrogens with one attached hydrogen (secondary N) is 1. The molecule has 3 rings (SSSR count). The van der Waals surface area contributed by atoms with Crippen molar-refractivity contribution in [3.63, 3.8) is 0 Å². The summed E-state index contributed by atoms with van der Waals surface area (Å²) in [5.74, 6) is -0.348. The Balaban J connectivity index is 1.65. The van der Waals surface area contributed by atoms with E-state index in [2.05, 4.69) is 5.32 Å². The van der Waals surface area contributed by atoms with Gasteiger partial charge in [-0.05, 0) is 42.5 Å². The normalized spacial score (nSPS) is 23.6. The number of piperidine rings is 1. The van der Waals surface area contributed by atoms with Gasteiger partial charge < -0.3 is 10.2 Å². The van der Waals surface area contributed by atoms with Crippen molar-refractivity contribution in [2.24, 2.45) is 11.8 Å². The Morgan fingerprint density at radius 3 is 2.21 bits per heavy atom. The lowest BCUT2D eigenvalue weighted by atomic mass is 9.94. The Labute approximate surface area is 170 Å². The summed E-state index contributed by atoms with van der Waals surface area (Å²) in [6.07, 6.45) is 1.01. The first-order chi connectivity index (χ1) is 13.6. The van der Waals surface area contributed by atoms with E-state index in [0.29, 0.717) is 30.6 Å². The molecule has 0 radical (unpaired) electrons. The highest BCUT2D eigenvalue weighted by atomic mass is 32.2. The first kappa shape index (κ1) is 21.3. The van der Waals surface area contributed by atoms with Crippen LogP contribution in [0.2, 0.25) is 0 Å². The standard InChI is InChI=1S/C19H26N4O5S/c1-13-8-14(2)10-22(9-13)29(27,28)16-6-4-15(5-7-16)20-17(24)11-23-18(25)12-21(3)19(23)26/h4-7,13-14H,8-12H2,1-3H3,(H,20,24)/t13-,14+. The summed E-state index contributed by atoms with van der Waals surface area (Å²) in [4.78, 5) is 38.0. The van der Waals surface area contributed by atoms with Gasteiger partial charge in [-0.1, -0.05) is 13.8 Å². The molecule has 0 bridgehead atoms. The van der Waals surface area contributed by atoms with Crippen LogP contribution in [0.15, 0.2) is 29.2 Å². The van der Waals surface area contributed by atoms with Crippen molar-refractivity contribution in [2.45, 2.75) is 25.2 Å². The summed E-state index contributed by atoms with van der Waals surface area (Å²) in [6.45, 7) is 4.65. The summed E-state index contributed by atoms with van der Waals surface area (Å²) < 4.78 is 27.3. The molecule has 0 spiro atoms. The predicted octanol–water partition coefficient (Wildman–Crippen LogP) is 1.19. The highest BCUT2D eigenvalue weighted by Gasteiger charge is 2.35. The molecule has 2 atom stereocenters. The van der Waals surface area contributed by atoms with Crippen molar-refractivity contribution in [2.75, 3.05) is 38.5 Å². The fourth-order valence-electron chi connectivity index (χ4n) is 3.83. The van der Waals surface area contributed by atoms with Gasteiger partial charge in [0.05, 0.1) is 4.90 Å². The van der Waals surface area contributed by atoms with E-state index in [-0.39, 0.29) is 18.0 Å². The molecular weight excluding hydrogens is 396 g/mol. The molecular formula is C19H26N4O5S. The van der Waals surface area contributed by atoms with Gasteiger partial charge in [-0.3, -0.25) is 14.5 Å². The van der Waals surface area contributed by atoms with Crippen molar-refractivity contribution in [1.29, 1.82) is 0 Å². The molecule has 1 aromatic carbocycles. The highest BCUT2D eigenvalue weighted by Crippen LogP contribution is 2.27. The van der Waals surface area contributed by atoms with E-state index >= 15 is 0 Å². The molecule has 2 aliphatic heterocycles. The van der Waals surface area contributed by atoms with Gasteiger partial charge in [-0.15, -0.1) is 0 Å². The zero-order chi connectivity index (χ0) is 21.3. The molecule has 1 N–H and O–H groups in total. The van der Waals surface area contributed by atoms with Crippen LogP contribution in [-0.4, -0.2) is 73.6 Å². The fraction of sp³-hybridized carbons (Fsp3) is 0.526. The summed E-state index contributed by atoms with van der Waals surface area (Å²) in [5, 5.41) is 2.59. The molecule has 2 fully saturated rings. The molecule has 29 heavy (non-hydrogen) atoms. The first-order valence-electron chi connectivity index (χ1n) is 9.53. The fourth-order valence-corrected chi connectivity index (χ4v) is 5.51. The van der Waals surface area contributed by atoms with Gasteiger partial charge in [0.2, 0.25) is 15.9 Å². The van der Waals surface area contributed by atoms with Crippen molar-refractivity contribution in [3.8, 4) is 0 Å². The second-order valence-electron chi connectivity index (χ2n) is 7.96. The van der Waals surface area contributed by atoms with Crippen LogP contribution in [-0.2, 0) is 19.6 Å². The number of hydrogen-bond donors (Lipinski definition) is 1. The van der Waals surface area contributed by atoms with E-state index in [9.17, 15) is 22.8 Å². The van der Waals surface area contributed by atoms with E-state index in [0.717, 1.165) is 11.3 Å². The molecule has 0 unspecified atom stereocenters. The molecule has 0 aromatic heterocycles. The largest absolute Gasteiger partial charge is 0.327 e. The minimum Gasteiger partial charge on any atom is -0.325 e. The van der Waals surface area contributed by atoms with Crippen molar-refractivity contribution < 1.29 is 22.8 Å². The number of carbonyl (C=O) groups is 3. The average molecular weight is 423 g/mol. The van der Waals surface area contributed by atoms with Gasteiger partial charge >= 0.3 is 6.03 Å². The number of anilines is 1. The molecule has 10 heteroatoms. The number of amides is 4. The number of hydrogen-bond acceptors (Lipinski definition) is 5. The molecule has 2 heterocycles. The maximum atomic E-state index is 12.9. The van der Waals surface area contributed by atoms with E-state index in [1.54, 1.807) is 0 Å². The molecule has 2 aliphatic rings. The Bertz CT molecular complexity index is 905. The Hall–Kier alpha value is -2.46. The van der Waals surface area contributed by atoms with Crippen LogP contribution in [0, 0.1) is 11.8 Å². The average Bonchev–Trinajstić information content (AvgIpc) is 2.87. The van der Waals surface area contributed by atoms with Gasteiger partial charge in [0.15, 0.2) is 0 Å². The quantitative estimate of drug-likeness (QED) is 0.717. The van der Waals surface area contributed by atoms with Gasteiger partial charge in [0.25, 0.3) is 5.91 Å². The van der Waals surface area contributed by atoms with E-state index in [1.807, 2.05) is 13.8 Å². The van der Waals surface area contributed by atoms with Crippen LogP contribution in [0.5, 0.6) is 0 Å². The van der Waals surface area contributed by atoms with Gasteiger partial charge in [-0.2, -0.15) is 4.31 Å². The Morgan fingerprint density at radius 1 is 1.10 bits per heavy atom. The number of imide groups is 1. The summed E-state index contributed by atoms with van der Waals surface area (Å²) in [7, 11) is -2.11. The minimum absolute atomic E-state index is 0.0492. The topological polar surface area (TPSA) is 107 Å². The Kier molecular flexibility index (Phi) is 5.95. The number of likely N-dealkylation sites (N-methyl/N-ethyl adjacent to an activating group) is 1. The number of carbonyl (C=O) groups excluding carboxylic acids is 3. The van der Waals surface area contributed by atoms with E-state index in [4.69, 9.17) is 0 Å². The zero-order valence-corrected chi connectivity index (χ0v) is 17.6. The summed E-state index contributed by atoms with van der Waals surface area (Å²) in [5.41, 5.74) is 0.391. The zero-order valence-electron chi connectivity index (χ0n) is 16.8. The lowest BCUT2D eigenvalue weighted by Gasteiger charge is -2.34.